The number of benzene rings is 1. The number of amides is 3. The molecule has 0 saturated carbocycles. The van der Waals surface area contributed by atoms with Gasteiger partial charge in [-0.3, -0.25) is 19.1 Å². The van der Waals surface area contributed by atoms with Gasteiger partial charge >= 0.3 is 0 Å². The van der Waals surface area contributed by atoms with Gasteiger partial charge in [0.25, 0.3) is 5.91 Å². The quantitative estimate of drug-likeness (QED) is 0.400. The molecule has 0 radical (unpaired) electrons. The summed E-state index contributed by atoms with van der Waals surface area (Å²) in [5.74, 6) is -0.0626. The van der Waals surface area contributed by atoms with E-state index in [2.05, 4.69) is 51.2 Å². The summed E-state index contributed by atoms with van der Waals surface area (Å²) in [6.45, 7) is 5.62. The van der Waals surface area contributed by atoms with Crippen LogP contribution in [0.2, 0.25) is 0 Å². The Morgan fingerprint density at radius 2 is 2.08 bits per heavy atom. The van der Waals surface area contributed by atoms with Gasteiger partial charge in [-0.25, -0.2) is 4.98 Å². The smallest absolute Gasteiger partial charge is 0.270 e. The van der Waals surface area contributed by atoms with Crippen molar-refractivity contribution in [3.8, 4) is 0 Å². The summed E-state index contributed by atoms with van der Waals surface area (Å²) in [6.07, 6.45) is 6.67. The Morgan fingerprint density at radius 1 is 1.25 bits per heavy atom. The van der Waals surface area contributed by atoms with Crippen LogP contribution in [0.4, 0.5) is 11.5 Å². The van der Waals surface area contributed by atoms with E-state index in [-0.39, 0.29) is 17.7 Å². The van der Waals surface area contributed by atoms with Crippen LogP contribution in [0.3, 0.4) is 0 Å². The second-order valence-corrected chi connectivity index (χ2v) is 10.9. The number of nitrogens with one attached hydrogen (secondary N) is 3. The van der Waals surface area contributed by atoms with Crippen LogP contribution >= 0.6 is 0 Å². The Balaban J connectivity index is 1.19. The Hall–Kier alpha value is -4.05. The molecule has 1 fully saturated rings. The van der Waals surface area contributed by atoms with Crippen LogP contribution in [0.25, 0.3) is 0 Å². The molecule has 3 aliphatic rings. The molecule has 2 aliphatic heterocycles. The average Bonchev–Trinajstić information content (AvgIpc) is 3.51. The number of aryl methyl sites for hydroxylation is 2. The molecule has 2 aromatic heterocycles. The van der Waals surface area contributed by atoms with Crippen molar-refractivity contribution in [2.45, 2.75) is 69.9 Å². The first-order valence-corrected chi connectivity index (χ1v) is 14.0. The fraction of sp³-hybridized carbons (Fsp3) is 0.433. The van der Waals surface area contributed by atoms with Crippen LogP contribution in [-0.2, 0) is 32.7 Å². The lowest BCUT2D eigenvalue weighted by atomic mass is 9.72. The summed E-state index contributed by atoms with van der Waals surface area (Å²) in [5.41, 5.74) is 5.26. The minimum Gasteiger partial charge on any atom is -0.381 e. The summed E-state index contributed by atoms with van der Waals surface area (Å²) in [6, 6.07) is 8.92. The minimum absolute atomic E-state index is 0.0511. The SMILES string of the molecule is CCn1nccc1C(=O)NC(CCC1Cc2cccc(C)c21)C(=O)Nc1cc2c(cn1)C1(CCOCC1)C(=O)N2. The van der Waals surface area contributed by atoms with Crippen molar-refractivity contribution in [3.05, 3.63) is 70.7 Å². The molecule has 3 N–H and O–H groups in total. The van der Waals surface area contributed by atoms with E-state index in [1.54, 1.807) is 29.2 Å². The highest BCUT2D eigenvalue weighted by Crippen LogP contribution is 2.45. The number of hydrogen-bond acceptors (Lipinski definition) is 6. The molecule has 1 aromatic carbocycles. The van der Waals surface area contributed by atoms with Crippen LogP contribution in [0.1, 0.15) is 71.3 Å². The summed E-state index contributed by atoms with van der Waals surface area (Å²) in [5, 5.41) is 13.0. The number of rotatable bonds is 8. The van der Waals surface area contributed by atoms with E-state index in [9.17, 15) is 14.4 Å². The van der Waals surface area contributed by atoms with E-state index in [1.165, 1.54) is 16.7 Å². The molecule has 0 bridgehead atoms. The predicted octanol–water partition coefficient (Wildman–Crippen LogP) is 3.46. The molecular formula is C30H34N6O4. The first-order chi connectivity index (χ1) is 19.4. The Morgan fingerprint density at radius 3 is 2.85 bits per heavy atom. The molecule has 10 nitrogen and oxygen atoms in total. The molecule has 2 atom stereocenters. The maximum Gasteiger partial charge on any atom is 0.270 e. The van der Waals surface area contributed by atoms with Crippen molar-refractivity contribution in [2.75, 3.05) is 23.8 Å². The van der Waals surface area contributed by atoms with Crippen LogP contribution in [0, 0.1) is 6.92 Å². The lowest BCUT2D eigenvalue weighted by Gasteiger charge is -2.33. The molecule has 40 heavy (non-hydrogen) atoms. The summed E-state index contributed by atoms with van der Waals surface area (Å²) in [4.78, 5) is 44.1. The summed E-state index contributed by atoms with van der Waals surface area (Å²) in [7, 11) is 0. The third-order valence-electron chi connectivity index (χ3n) is 8.66. The largest absolute Gasteiger partial charge is 0.381 e. The summed E-state index contributed by atoms with van der Waals surface area (Å²) < 4.78 is 7.08. The highest BCUT2D eigenvalue weighted by molar-refractivity contribution is 6.07. The standard InChI is InChI=1S/C30H34N6O4/c1-3-36-24(9-12-32-36)28(38)33-22(8-7-20-15-19-6-4-5-18(2)26(19)20)27(37)35-25-16-23-21(17-31-25)30(29(39)34-23)10-13-40-14-11-30/h4-6,9,12,16-17,20,22H,3,7-8,10-11,13-15H2,1-2H3,(H,33,38)(H,34,39)(H,31,35,37). The number of aromatic nitrogens is 3. The monoisotopic (exact) mass is 542 g/mol. The predicted molar refractivity (Wildman–Crippen MR) is 149 cm³/mol. The van der Waals surface area contributed by atoms with Crippen LogP contribution in [0.5, 0.6) is 0 Å². The zero-order chi connectivity index (χ0) is 27.9. The first kappa shape index (κ1) is 26.2. The molecule has 1 aliphatic carbocycles. The van der Waals surface area contributed by atoms with Crippen molar-refractivity contribution in [3.63, 3.8) is 0 Å². The lowest BCUT2D eigenvalue weighted by Crippen LogP contribution is -2.45. The number of carbonyl (C=O) groups is 3. The molecule has 6 rings (SSSR count). The molecule has 4 heterocycles. The van der Waals surface area contributed by atoms with Crippen LogP contribution in [-0.4, -0.2) is 51.7 Å². The van der Waals surface area contributed by atoms with E-state index in [0.29, 0.717) is 62.1 Å². The topological polar surface area (TPSA) is 127 Å². The summed E-state index contributed by atoms with van der Waals surface area (Å²) >= 11 is 0. The van der Waals surface area contributed by atoms with Crippen molar-refractivity contribution in [1.29, 1.82) is 0 Å². The molecule has 1 saturated heterocycles. The molecule has 208 valence electrons. The van der Waals surface area contributed by atoms with Crippen molar-refractivity contribution < 1.29 is 19.1 Å². The van der Waals surface area contributed by atoms with E-state index in [1.807, 2.05) is 6.92 Å². The number of carbonyl (C=O) groups excluding carboxylic acids is 3. The van der Waals surface area contributed by atoms with Crippen LogP contribution < -0.4 is 16.0 Å². The van der Waals surface area contributed by atoms with Gasteiger partial charge in [0, 0.05) is 43.8 Å². The third kappa shape index (κ3) is 4.56. The minimum atomic E-state index is -0.771. The van der Waals surface area contributed by atoms with Crippen molar-refractivity contribution in [1.82, 2.24) is 20.1 Å². The average molecular weight is 543 g/mol. The molecule has 3 amide bonds. The fourth-order valence-electron chi connectivity index (χ4n) is 6.44. The maximum atomic E-state index is 13.6. The Bertz CT molecular complexity index is 1460. The van der Waals surface area contributed by atoms with Gasteiger partial charge in [0.05, 0.1) is 11.1 Å². The number of fused-ring (bicyclic) bond motifs is 3. The Kier molecular flexibility index (Phi) is 6.87. The van der Waals surface area contributed by atoms with Gasteiger partial charge in [0.15, 0.2) is 0 Å². The van der Waals surface area contributed by atoms with Gasteiger partial charge in [-0.15, -0.1) is 0 Å². The molecule has 1 spiro atoms. The Labute approximate surface area is 232 Å². The highest BCUT2D eigenvalue weighted by atomic mass is 16.5. The maximum absolute atomic E-state index is 13.6. The number of pyridine rings is 1. The third-order valence-corrected chi connectivity index (χ3v) is 8.66. The second kappa shape index (κ2) is 10.5. The van der Waals surface area contributed by atoms with Gasteiger partial charge in [0.2, 0.25) is 11.8 Å². The number of hydrogen-bond donors (Lipinski definition) is 3. The van der Waals surface area contributed by atoms with Gasteiger partial charge in [-0.1, -0.05) is 18.2 Å². The molecule has 2 unspecified atom stereocenters. The van der Waals surface area contributed by atoms with Crippen LogP contribution in [0.15, 0.2) is 42.7 Å². The molecular weight excluding hydrogens is 508 g/mol. The fourth-order valence-corrected chi connectivity index (χ4v) is 6.44. The van der Waals surface area contributed by atoms with E-state index in [4.69, 9.17) is 4.74 Å². The van der Waals surface area contributed by atoms with Gasteiger partial charge in [-0.05, 0) is 74.6 Å². The van der Waals surface area contributed by atoms with E-state index < -0.39 is 11.5 Å². The molecule has 3 aromatic rings. The lowest BCUT2D eigenvalue weighted by molar-refractivity contribution is -0.124. The zero-order valence-electron chi connectivity index (χ0n) is 22.8. The molecule has 10 heteroatoms. The van der Waals surface area contributed by atoms with Gasteiger partial charge in [0.1, 0.15) is 17.6 Å². The number of anilines is 2. The first-order valence-electron chi connectivity index (χ1n) is 14.0. The van der Waals surface area contributed by atoms with E-state index in [0.717, 1.165) is 18.4 Å². The number of nitrogens with zero attached hydrogens (tertiary/aromatic N) is 3. The van der Waals surface area contributed by atoms with Gasteiger partial charge < -0.3 is 20.7 Å². The van der Waals surface area contributed by atoms with Crippen molar-refractivity contribution >= 4 is 29.2 Å². The van der Waals surface area contributed by atoms with E-state index >= 15 is 0 Å². The second-order valence-electron chi connectivity index (χ2n) is 10.9. The normalized spacial score (nSPS) is 19.2. The van der Waals surface area contributed by atoms with Crippen molar-refractivity contribution in [2.24, 2.45) is 0 Å². The van der Waals surface area contributed by atoms with Gasteiger partial charge in [-0.2, -0.15) is 5.10 Å². The number of ether oxygens (including phenoxy) is 1. The zero-order valence-corrected chi connectivity index (χ0v) is 22.8. The highest BCUT2D eigenvalue weighted by Gasteiger charge is 2.48.